The molecule has 168 valence electrons. The zero-order chi connectivity index (χ0) is 22.5. The van der Waals surface area contributed by atoms with Crippen molar-refractivity contribution in [2.75, 3.05) is 36.6 Å². The number of carboxylic acids is 1. The van der Waals surface area contributed by atoms with Crippen LogP contribution in [0.5, 0.6) is 6.01 Å². The lowest BCUT2D eigenvalue weighted by Gasteiger charge is -2.33. The third-order valence-corrected chi connectivity index (χ3v) is 6.39. The van der Waals surface area contributed by atoms with Gasteiger partial charge in [-0.1, -0.05) is 23.2 Å². The molecule has 0 aliphatic carbocycles. The minimum absolute atomic E-state index is 0.0491. The van der Waals surface area contributed by atoms with Crippen molar-refractivity contribution in [1.82, 2.24) is 20.3 Å². The summed E-state index contributed by atoms with van der Waals surface area (Å²) in [6.45, 7) is 3.31. The van der Waals surface area contributed by atoms with E-state index >= 15 is 0 Å². The number of rotatable bonds is 8. The molecule has 0 aromatic carbocycles. The summed E-state index contributed by atoms with van der Waals surface area (Å²) in [5.74, 6) is -0.210. The molecule has 0 spiro atoms. The first-order valence-electron chi connectivity index (χ1n) is 9.63. The van der Waals surface area contributed by atoms with Crippen molar-refractivity contribution in [3.05, 3.63) is 33.2 Å². The van der Waals surface area contributed by atoms with E-state index < -0.39 is 5.97 Å². The summed E-state index contributed by atoms with van der Waals surface area (Å²) in [5, 5.41) is 12.9. The van der Waals surface area contributed by atoms with Crippen molar-refractivity contribution in [3.8, 4) is 6.01 Å². The third-order valence-electron chi connectivity index (χ3n) is 4.87. The Labute approximate surface area is 193 Å². The smallest absolute Gasteiger partial charge is 0.354 e. The molecule has 0 bridgehead atoms. The summed E-state index contributed by atoms with van der Waals surface area (Å²) in [6, 6.07) is 1.43. The fourth-order valence-electron chi connectivity index (χ4n) is 3.20. The number of anilines is 1. The molecule has 9 nitrogen and oxygen atoms in total. The second-order valence-electron chi connectivity index (χ2n) is 7.03. The number of carbonyl (C=O) groups excluding carboxylic acids is 1. The molecule has 0 radical (unpaired) electrons. The molecule has 3 rings (SSSR count). The molecule has 1 amide bonds. The first-order chi connectivity index (χ1) is 14.8. The van der Waals surface area contributed by atoms with Gasteiger partial charge in [-0.15, -0.1) is 0 Å². The fraction of sp³-hybridized carbons (Fsp3) is 0.474. The lowest BCUT2D eigenvalue weighted by molar-refractivity contribution is 0.0688. The molecule has 3 N–H and O–H groups in total. The van der Waals surface area contributed by atoms with Gasteiger partial charge in [0.2, 0.25) is 0 Å². The number of carbonyl (C=O) groups is 2. The van der Waals surface area contributed by atoms with Crippen LogP contribution in [0.2, 0.25) is 10.0 Å². The van der Waals surface area contributed by atoms with Crippen LogP contribution in [0.1, 0.15) is 39.5 Å². The Kier molecular flexibility index (Phi) is 7.90. The monoisotopic (exact) mass is 487 g/mol. The van der Waals surface area contributed by atoms with Crippen LogP contribution in [0.15, 0.2) is 6.07 Å². The molecule has 31 heavy (non-hydrogen) atoms. The Morgan fingerprint density at radius 1 is 1.32 bits per heavy atom. The summed E-state index contributed by atoms with van der Waals surface area (Å²) >= 11 is 13.8. The Morgan fingerprint density at radius 2 is 2.03 bits per heavy atom. The molecule has 1 aliphatic rings. The molecule has 0 atom stereocenters. The number of hydrogen-bond acceptors (Lipinski definition) is 7. The number of aryl methyl sites for hydroxylation is 1. The number of halogens is 2. The number of ether oxygens (including phenoxy) is 1. The standard InChI is InChI=1S/C19H23Cl2N5O4S/c1-10-14(20)15(21)16(22-10)17(27)23-11-3-5-26(6-4-11)13-9-12(18(28)29)24-19(25-13)30-7-8-31-2/h9,11,22H,3-8H2,1-2H3,(H,23,27)(H,28,29). The number of H-pyrrole nitrogens is 1. The van der Waals surface area contributed by atoms with Gasteiger partial charge in [-0.2, -0.15) is 21.7 Å². The van der Waals surface area contributed by atoms with Gasteiger partial charge in [-0.3, -0.25) is 4.79 Å². The molecule has 12 heteroatoms. The summed E-state index contributed by atoms with van der Waals surface area (Å²) in [5.41, 5.74) is 0.772. The lowest BCUT2D eigenvalue weighted by Crippen LogP contribution is -2.45. The second-order valence-corrected chi connectivity index (χ2v) is 8.77. The van der Waals surface area contributed by atoms with E-state index in [0.717, 1.165) is 5.75 Å². The van der Waals surface area contributed by atoms with Gasteiger partial charge >= 0.3 is 12.0 Å². The van der Waals surface area contributed by atoms with Crippen molar-refractivity contribution >= 4 is 52.7 Å². The average Bonchev–Trinajstić information content (AvgIpc) is 3.01. The van der Waals surface area contributed by atoms with Crippen molar-refractivity contribution in [1.29, 1.82) is 0 Å². The van der Waals surface area contributed by atoms with Gasteiger partial charge in [0.1, 0.15) is 18.1 Å². The van der Waals surface area contributed by atoms with Crippen LogP contribution < -0.4 is 15.0 Å². The summed E-state index contributed by atoms with van der Waals surface area (Å²) in [6.07, 6.45) is 3.27. The fourth-order valence-corrected chi connectivity index (χ4v) is 3.87. The van der Waals surface area contributed by atoms with Crippen LogP contribution in [0.25, 0.3) is 0 Å². The van der Waals surface area contributed by atoms with E-state index in [1.807, 2.05) is 11.2 Å². The number of thioether (sulfide) groups is 1. The number of nitrogens with one attached hydrogen (secondary N) is 2. The van der Waals surface area contributed by atoms with Crippen LogP contribution >= 0.6 is 35.0 Å². The van der Waals surface area contributed by atoms with E-state index in [-0.39, 0.29) is 34.4 Å². The highest BCUT2D eigenvalue weighted by molar-refractivity contribution is 7.98. The van der Waals surface area contributed by atoms with Gasteiger partial charge in [-0.25, -0.2) is 4.79 Å². The third kappa shape index (κ3) is 5.75. The number of carboxylic acid groups (broad SMARTS) is 1. The highest BCUT2D eigenvalue weighted by Gasteiger charge is 2.26. The molecule has 2 aromatic heterocycles. The van der Waals surface area contributed by atoms with E-state index in [9.17, 15) is 14.7 Å². The molecular formula is C19H23Cl2N5O4S. The van der Waals surface area contributed by atoms with Crippen LogP contribution in [-0.2, 0) is 0 Å². The van der Waals surface area contributed by atoms with Crippen LogP contribution in [0.4, 0.5) is 5.82 Å². The summed E-state index contributed by atoms with van der Waals surface area (Å²) < 4.78 is 5.50. The zero-order valence-electron chi connectivity index (χ0n) is 17.1. The van der Waals surface area contributed by atoms with Crippen LogP contribution in [-0.4, -0.2) is 69.7 Å². The molecule has 0 saturated carbocycles. The number of amides is 1. The zero-order valence-corrected chi connectivity index (χ0v) is 19.4. The topological polar surface area (TPSA) is 120 Å². The first-order valence-corrected chi connectivity index (χ1v) is 11.8. The minimum atomic E-state index is -1.14. The molecule has 3 heterocycles. The van der Waals surface area contributed by atoms with E-state index in [1.54, 1.807) is 18.7 Å². The maximum Gasteiger partial charge on any atom is 0.354 e. The number of aromatic carboxylic acids is 1. The first kappa shape index (κ1) is 23.5. The Morgan fingerprint density at radius 3 is 2.61 bits per heavy atom. The van der Waals surface area contributed by atoms with Crippen molar-refractivity contribution in [2.24, 2.45) is 0 Å². The normalized spacial score (nSPS) is 14.5. The predicted molar refractivity (Wildman–Crippen MR) is 121 cm³/mol. The van der Waals surface area contributed by atoms with Crippen molar-refractivity contribution < 1.29 is 19.4 Å². The number of piperidine rings is 1. The average molecular weight is 488 g/mol. The van der Waals surface area contributed by atoms with E-state index in [1.165, 1.54) is 6.07 Å². The predicted octanol–water partition coefficient (Wildman–Crippen LogP) is 3.26. The Balaban J connectivity index is 1.63. The van der Waals surface area contributed by atoms with Gasteiger partial charge in [0.25, 0.3) is 5.91 Å². The van der Waals surface area contributed by atoms with Gasteiger partial charge in [0.15, 0.2) is 5.69 Å². The number of nitrogens with zero attached hydrogens (tertiary/aromatic N) is 3. The maximum atomic E-state index is 12.5. The van der Waals surface area contributed by atoms with E-state index in [0.29, 0.717) is 49.1 Å². The number of hydrogen-bond donors (Lipinski definition) is 3. The second kappa shape index (κ2) is 10.4. The molecule has 1 saturated heterocycles. The quantitative estimate of drug-likeness (QED) is 0.485. The van der Waals surface area contributed by atoms with Gasteiger partial charge in [0, 0.05) is 36.6 Å². The Hall–Kier alpha value is -2.17. The molecular weight excluding hydrogens is 465 g/mol. The lowest BCUT2D eigenvalue weighted by atomic mass is 10.0. The molecule has 0 unspecified atom stereocenters. The minimum Gasteiger partial charge on any atom is -0.477 e. The Bertz CT molecular complexity index is 963. The number of aromatic amines is 1. The molecule has 2 aromatic rings. The maximum absolute atomic E-state index is 12.5. The SMILES string of the molecule is CSCCOc1nc(C(=O)O)cc(N2CCC(NC(=O)c3[nH]c(C)c(Cl)c3Cl)CC2)n1. The molecule has 1 aliphatic heterocycles. The van der Waals surface area contributed by atoms with Gasteiger partial charge < -0.3 is 25.0 Å². The van der Waals surface area contributed by atoms with Crippen molar-refractivity contribution in [3.63, 3.8) is 0 Å². The highest BCUT2D eigenvalue weighted by Crippen LogP contribution is 2.29. The van der Waals surface area contributed by atoms with Crippen LogP contribution in [0, 0.1) is 6.92 Å². The highest BCUT2D eigenvalue weighted by atomic mass is 35.5. The number of aromatic nitrogens is 3. The van der Waals surface area contributed by atoms with E-state index in [2.05, 4.69) is 20.3 Å². The molecule has 1 fully saturated rings. The summed E-state index contributed by atoms with van der Waals surface area (Å²) in [7, 11) is 0. The van der Waals surface area contributed by atoms with E-state index in [4.69, 9.17) is 27.9 Å². The summed E-state index contributed by atoms with van der Waals surface area (Å²) in [4.78, 5) is 37.2. The van der Waals surface area contributed by atoms with Crippen molar-refractivity contribution in [2.45, 2.75) is 25.8 Å². The van der Waals surface area contributed by atoms with Crippen LogP contribution in [0.3, 0.4) is 0 Å². The largest absolute Gasteiger partial charge is 0.477 e. The van der Waals surface area contributed by atoms with Gasteiger partial charge in [0.05, 0.1) is 10.0 Å². The van der Waals surface area contributed by atoms with Gasteiger partial charge in [-0.05, 0) is 26.0 Å².